The molecule has 1 aliphatic rings. The van der Waals surface area contributed by atoms with Crippen LogP contribution in [-0.2, 0) is 29.7 Å². The minimum Gasteiger partial charge on any atom is -0.497 e. The van der Waals surface area contributed by atoms with Gasteiger partial charge in [0.2, 0.25) is 0 Å². The molecule has 3 aromatic rings. The van der Waals surface area contributed by atoms with Crippen LogP contribution in [0.3, 0.4) is 0 Å². The lowest BCUT2D eigenvalue weighted by atomic mass is 9.72. The summed E-state index contributed by atoms with van der Waals surface area (Å²) >= 11 is 0. The Hall–Kier alpha value is -3.16. The van der Waals surface area contributed by atoms with E-state index in [1.54, 1.807) is 31.3 Å². The van der Waals surface area contributed by atoms with E-state index in [0.717, 1.165) is 10.9 Å². The van der Waals surface area contributed by atoms with Gasteiger partial charge in [0.25, 0.3) is 0 Å². The van der Waals surface area contributed by atoms with Gasteiger partial charge in [-0.2, -0.15) is 0 Å². The van der Waals surface area contributed by atoms with E-state index >= 15 is 0 Å². The van der Waals surface area contributed by atoms with Crippen molar-refractivity contribution in [3.63, 3.8) is 0 Å². The van der Waals surface area contributed by atoms with Gasteiger partial charge in [0.1, 0.15) is 17.6 Å². The predicted octanol–water partition coefficient (Wildman–Crippen LogP) is 3.91. The number of aldehydes is 1. The maximum atomic E-state index is 14.1. The number of benzene rings is 2. The summed E-state index contributed by atoms with van der Waals surface area (Å²) in [6.45, 7) is 1.73. The molecule has 0 amide bonds. The fourth-order valence-electron chi connectivity index (χ4n) is 4.59. The highest BCUT2D eigenvalue weighted by molar-refractivity contribution is 7.93. The van der Waals surface area contributed by atoms with Gasteiger partial charge >= 0.3 is 0 Å². The summed E-state index contributed by atoms with van der Waals surface area (Å²) in [6, 6.07) is 15.4. The first-order valence-electron chi connectivity index (χ1n) is 9.72. The summed E-state index contributed by atoms with van der Waals surface area (Å²) in [6.07, 6.45) is 5.06. The van der Waals surface area contributed by atoms with Gasteiger partial charge in [-0.3, -0.25) is 0 Å². The first-order valence-corrected chi connectivity index (χ1v) is 11.2. The molecule has 1 heterocycles. The van der Waals surface area contributed by atoms with Crippen molar-refractivity contribution in [2.45, 2.75) is 22.2 Å². The average Bonchev–Trinajstić information content (AvgIpc) is 3.24. The van der Waals surface area contributed by atoms with E-state index in [4.69, 9.17) is 9.47 Å². The molecule has 2 unspecified atom stereocenters. The van der Waals surface area contributed by atoms with Gasteiger partial charge in [0, 0.05) is 35.3 Å². The Labute approximate surface area is 181 Å². The van der Waals surface area contributed by atoms with Crippen LogP contribution < -0.4 is 0 Å². The Morgan fingerprint density at radius 3 is 2.32 bits per heavy atom. The van der Waals surface area contributed by atoms with Gasteiger partial charge in [0.15, 0.2) is 14.6 Å². The van der Waals surface area contributed by atoms with E-state index in [9.17, 15) is 13.2 Å². The molecular formula is C24H23NO5S. The molecule has 1 aliphatic carbocycles. The summed E-state index contributed by atoms with van der Waals surface area (Å²) in [5.74, 6) is 0.438. The quantitative estimate of drug-likeness (QED) is 0.591. The Balaban J connectivity index is 2.16. The molecule has 6 nitrogen and oxygen atoms in total. The molecule has 2 atom stereocenters. The molecule has 0 saturated carbocycles. The number of H-pyrrole nitrogens is 1. The van der Waals surface area contributed by atoms with Crippen LogP contribution in [-0.4, -0.2) is 38.7 Å². The zero-order valence-corrected chi connectivity index (χ0v) is 18.3. The second kappa shape index (κ2) is 7.51. The smallest absolute Gasteiger partial charge is 0.198 e. The molecule has 0 bridgehead atoms. The van der Waals surface area contributed by atoms with Crippen LogP contribution in [0.15, 0.2) is 89.2 Å². The van der Waals surface area contributed by atoms with E-state index in [-0.39, 0.29) is 4.90 Å². The molecule has 1 N–H and O–H groups in total. The first-order chi connectivity index (χ1) is 14.9. The van der Waals surface area contributed by atoms with Crippen LogP contribution in [0.2, 0.25) is 0 Å². The lowest BCUT2D eigenvalue weighted by Gasteiger charge is -2.47. The molecule has 31 heavy (non-hydrogen) atoms. The van der Waals surface area contributed by atoms with Crippen LogP contribution in [0, 0.1) is 0 Å². The summed E-state index contributed by atoms with van der Waals surface area (Å²) in [7, 11) is -1.32. The molecule has 0 radical (unpaired) electrons. The van der Waals surface area contributed by atoms with Gasteiger partial charge in [-0.05, 0) is 37.3 Å². The first kappa shape index (κ1) is 21.1. The van der Waals surface area contributed by atoms with Gasteiger partial charge in [-0.1, -0.05) is 36.4 Å². The lowest BCUT2D eigenvalue weighted by Crippen LogP contribution is -2.60. The minimum absolute atomic E-state index is 0.0293. The molecule has 2 aromatic carbocycles. The standard InChI is InChI=1S/C24H23NO5S/c1-17-22(29-2)13-14-23(16-26,31(27,28)18-9-5-4-6-10-18)24(17,30-3)20-15-25-21-12-8-7-11-19(20)21/h4-16,25H,1-3H3. The highest BCUT2D eigenvalue weighted by atomic mass is 32.2. The topological polar surface area (TPSA) is 85.5 Å². The third kappa shape index (κ3) is 2.66. The van der Waals surface area contributed by atoms with Crippen LogP contribution in [0.4, 0.5) is 0 Å². The maximum Gasteiger partial charge on any atom is 0.198 e. The van der Waals surface area contributed by atoms with Crippen molar-refractivity contribution in [2.24, 2.45) is 0 Å². The van der Waals surface area contributed by atoms with Gasteiger partial charge < -0.3 is 19.3 Å². The number of para-hydroxylation sites is 1. The van der Waals surface area contributed by atoms with Crippen LogP contribution >= 0.6 is 0 Å². The number of allylic oxidation sites excluding steroid dienone is 1. The van der Waals surface area contributed by atoms with Gasteiger partial charge in [-0.25, -0.2) is 8.42 Å². The molecule has 160 valence electrons. The van der Waals surface area contributed by atoms with Crippen molar-refractivity contribution in [3.8, 4) is 0 Å². The Morgan fingerprint density at radius 2 is 1.68 bits per heavy atom. The number of hydrogen-bond donors (Lipinski definition) is 1. The number of aromatic amines is 1. The number of hydrogen-bond acceptors (Lipinski definition) is 5. The van der Waals surface area contributed by atoms with Crippen molar-refractivity contribution in [1.29, 1.82) is 0 Å². The Kier molecular flexibility index (Phi) is 5.11. The molecule has 4 rings (SSSR count). The molecule has 7 heteroatoms. The summed E-state index contributed by atoms with van der Waals surface area (Å²) in [4.78, 5) is 16.1. The second-order valence-electron chi connectivity index (χ2n) is 7.39. The van der Waals surface area contributed by atoms with Crippen LogP contribution in [0.1, 0.15) is 12.5 Å². The predicted molar refractivity (Wildman–Crippen MR) is 118 cm³/mol. The number of aromatic nitrogens is 1. The molecule has 0 fully saturated rings. The van der Waals surface area contributed by atoms with Gasteiger partial charge in [-0.15, -0.1) is 0 Å². The van der Waals surface area contributed by atoms with Gasteiger partial charge in [0.05, 0.1) is 12.0 Å². The maximum absolute atomic E-state index is 14.1. The van der Waals surface area contributed by atoms with E-state index < -0.39 is 20.2 Å². The number of carbonyl (C=O) groups is 1. The number of methoxy groups -OCH3 is 2. The molecule has 0 aliphatic heterocycles. The third-order valence-electron chi connectivity index (χ3n) is 6.10. The van der Waals surface area contributed by atoms with Crippen molar-refractivity contribution in [1.82, 2.24) is 4.98 Å². The Morgan fingerprint density at radius 1 is 1.00 bits per heavy atom. The minimum atomic E-state index is -4.24. The average molecular weight is 438 g/mol. The normalized spacial score (nSPS) is 23.8. The molecule has 0 spiro atoms. The SMILES string of the molecule is COC1=C(C)C(OC)(c2c[nH]c3ccccc23)C(C=O)(S(=O)(=O)c2ccccc2)C=C1. The fraction of sp³-hybridized carbons (Fsp3) is 0.208. The number of nitrogens with one attached hydrogen (secondary N) is 1. The number of sulfone groups is 1. The highest BCUT2D eigenvalue weighted by Crippen LogP contribution is 2.53. The zero-order valence-electron chi connectivity index (χ0n) is 17.5. The number of ether oxygens (including phenoxy) is 2. The van der Waals surface area contributed by atoms with E-state index in [0.29, 0.717) is 23.2 Å². The van der Waals surface area contributed by atoms with Crippen LogP contribution in [0.25, 0.3) is 10.9 Å². The third-order valence-corrected chi connectivity index (χ3v) is 8.40. The number of rotatable bonds is 6. The van der Waals surface area contributed by atoms with Crippen molar-refractivity contribution in [3.05, 3.63) is 89.8 Å². The van der Waals surface area contributed by atoms with E-state index in [1.165, 1.54) is 38.5 Å². The fourth-order valence-corrected chi connectivity index (χ4v) is 6.59. The Bertz CT molecular complexity index is 1310. The van der Waals surface area contributed by atoms with Crippen molar-refractivity contribution < 1.29 is 22.7 Å². The summed E-state index contributed by atoms with van der Waals surface area (Å²) in [5, 5.41) is 0.754. The summed E-state index contributed by atoms with van der Waals surface area (Å²) < 4.78 is 37.6. The van der Waals surface area contributed by atoms with E-state index in [2.05, 4.69) is 4.98 Å². The summed E-state index contributed by atoms with van der Waals surface area (Å²) in [5.41, 5.74) is 0.153. The number of carbonyl (C=O) groups excluding carboxylic acids is 1. The second-order valence-corrected chi connectivity index (χ2v) is 9.54. The van der Waals surface area contributed by atoms with Crippen molar-refractivity contribution in [2.75, 3.05) is 14.2 Å². The van der Waals surface area contributed by atoms with E-state index in [1.807, 2.05) is 24.3 Å². The highest BCUT2D eigenvalue weighted by Gasteiger charge is 2.64. The zero-order chi connectivity index (χ0) is 22.3. The molecule has 0 saturated heterocycles. The molecular weight excluding hydrogens is 414 g/mol. The largest absolute Gasteiger partial charge is 0.497 e. The number of fused-ring (bicyclic) bond motifs is 1. The monoisotopic (exact) mass is 437 g/mol. The lowest BCUT2D eigenvalue weighted by molar-refractivity contribution is -0.115. The molecule has 1 aromatic heterocycles. The van der Waals surface area contributed by atoms with Crippen LogP contribution in [0.5, 0.6) is 0 Å². The van der Waals surface area contributed by atoms with Crippen molar-refractivity contribution >= 4 is 27.0 Å².